The Kier molecular flexibility index (Phi) is 8.98. The molecule has 0 spiro atoms. The second-order valence-corrected chi connectivity index (χ2v) is 5.47. The standard InChI is InChI=1S/C17H26N4O.HI/c1-3-14-8-7-9-15(12-14)20-16(22)13-19-17(18-4-2)21-10-5-6-11-21;/h7-9,12H,3-6,10-11,13H2,1-2H3,(H,18,19)(H,20,22);1H. The van der Waals surface area contributed by atoms with Crippen LogP contribution < -0.4 is 10.6 Å². The van der Waals surface area contributed by atoms with Crippen LogP contribution in [0.3, 0.4) is 0 Å². The molecule has 1 amide bonds. The van der Waals surface area contributed by atoms with Crippen molar-refractivity contribution in [2.75, 3.05) is 31.5 Å². The topological polar surface area (TPSA) is 56.7 Å². The minimum atomic E-state index is -0.0807. The third-order valence-corrected chi connectivity index (χ3v) is 3.73. The van der Waals surface area contributed by atoms with E-state index in [-0.39, 0.29) is 36.4 Å². The molecular weight excluding hydrogens is 403 g/mol. The number of aryl methyl sites for hydroxylation is 1. The number of rotatable bonds is 5. The van der Waals surface area contributed by atoms with Crippen molar-refractivity contribution in [1.29, 1.82) is 0 Å². The molecule has 1 aromatic rings. The van der Waals surface area contributed by atoms with Crippen molar-refractivity contribution < 1.29 is 4.79 Å². The minimum Gasteiger partial charge on any atom is -0.357 e. The second kappa shape index (κ2) is 10.5. The maximum absolute atomic E-state index is 12.1. The number of hydrogen-bond acceptors (Lipinski definition) is 2. The van der Waals surface area contributed by atoms with E-state index in [9.17, 15) is 4.79 Å². The molecule has 2 rings (SSSR count). The third-order valence-electron chi connectivity index (χ3n) is 3.73. The number of benzene rings is 1. The highest BCUT2D eigenvalue weighted by atomic mass is 127. The van der Waals surface area contributed by atoms with E-state index in [2.05, 4.69) is 33.5 Å². The first kappa shape index (κ1) is 19.7. The summed E-state index contributed by atoms with van der Waals surface area (Å²) in [6, 6.07) is 7.94. The van der Waals surface area contributed by atoms with Crippen molar-refractivity contribution in [3.63, 3.8) is 0 Å². The molecule has 1 heterocycles. The first-order valence-corrected chi connectivity index (χ1v) is 8.15. The molecule has 1 fully saturated rings. The Morgan fingerprint density at radius 1 is 1.26 bits per heavy atom. The van der Waals surface area contributed by atoms with Crippen molar-refractivity contribution in [2.24, 2.45) is 4.99 Å². The Labute approximate surface area is 156 Å². The molecular formula is C17H27IN4O. The molecule has 5 nitrogen and oxygen atoms in total. The number of nitrogens with one attached hydrogen (secondary N) is 2. The van der Waals surface area contributed by atoms with E-state index >= 15 is 0 Å². The van der Waals surface area contributed by atoms with Crippen molar-refractivity contribution in [2.45, 2.75) is 33.1 Å². The highest BCUT2D eigenvalue weighted by Crippen LogP contribution is 2.11. The van der Waals surface area contributed by atoms with Gasteiger partial charge in [-0.3, -0.25) is 4.79 Å². The summed E-state index contributed by atoms with van der Waals surface area (Å²) in [7, 11) is 0. The van der Waals surface area contributed by atoms with Gasteiger partial charge in [0.25, 0.3) is 0 Å². The van der Waals surface area contributed by atoms with Crippen LogP contribution in [0, 0.1) is 0 Å². The second-order valence-electron chi connectivity index (χ2n) is 5.47. The summed E-state index contributed by atoms with van der Waals surface area (Å²) >= 11 is 0. The number of guanidine groups is 1. The fourth-order valence-corrected chi connectivity index (χ4v) is 2.57. The van der Waals surface area contributed by atoms with Gasteiger partial charge in [-0.05, 0) is 43.9 Å². The predicted octanol–water partition coefficient (Wildman–Crippen LogP) is 2.87. The van der Waals surface area contributed by atoms with E-state index < -0.39 is 0 Å². The fourth-order valence-electron chi connectivity index (χ4n) is 2.57. The Morgan fingerprint density at radius 3 is 2.65 bits per heavy atom. The van der Waals surface area contributed by atoms with Crippen LogP contribution in [-0.4, -0.2) is 42.9 Å². The molecule has 0 aliphatic carbocycles. The molecule has 1 aliphatic rings. The quantitative estimate of drug-likeness (QED) is 0.429. The minimum absolute atomic E-state index is 0. The lowest BCUT2D eigenvalue weighted by Gasteiger charge is -2.20. The largest absolute Gasteiger partial charge is 0.357 e. The first-order chi connectivity index (χ1) is 10.7. The molecule has 128 valence electrons. The number of aliphatic imine (C=N–C) groups is 1. The molecule has 1 aliphatic heterocycles. The molecule has 0 saturated carbocycles. The van der Waals surface area contributed by atoms with Crippen molar-refractivity contribution in [1.82, 2.24) is 10.2 Å². The van der Waals surface area contributed by atoms with Gasteiger partial charge < -0.3 is 15.5 Å². The molecule has 0 unspecified atom stereocenters. The molecule has 0 atom stereocenters. The van der Waals surface area contributed by atoms with Crippen LogP contribution in [-0.2, 0) is 11.2 Å². The summed E-state index contributed by atoms with van der Waals surface area (Å²) in [6.07, 6.45) is 3.35. The van der Waals surface area contributed by atoms with E-state index in [0.717, 1.165) is 37.7 Å². The number of hydrogen-bond donors (Lipinski definition) is 2. The van der Waals surface area contributed by atoms with Gasteiger partial charge in [0.15, 0.2) is 5.96 Å². The SMILES string of the molecule is CCNC(=NCC(=O)Nc1cccc(CC)c1)N1CCCC1.I. The summed E-state index contributed by atoms with van der Waals surface area (Å²) in [6.45, 7) is 7.15. The number of amides is 1. The van der Waals surface area contributed by atoms with E-state index in [1.54, 1.807) is 0 Å². The lowest BCUT2D eigenvalue weighted by atomic mass is 10.1. The molecule has 1 aromatic carbocycles. The van der Waals surface area contributed by atoms with E-state index in [1.165, 1.54) is 18.4 Å². The molecule has 0 bridgehead atoms. The number of halogens is 1. The summed E-state index contributed by atoms with van der Waals surface area (Å²) in [4.78, 5) is 18.7. The fraction of sp³-hybridized carbons (Fsp3) is 0.529. The molecule has 0 aromatic heterocycles. The van der Waals surface area contributed by atoms with Gasteiger partial charge in [0, 0.05) is 25.3 Å². The van der Waals surface area contributed by atoms with Crippen LogP contribution in [0.2, 0.25) is 0 Å². The van der Waals surface area contributed by atoms with Gasteiger partial charge in [0.1, 0.15) is 6.54 Å². The Bertz CT molecular complexity index is 527. The monoisotopic (exact) mass is 430 g/mol. The van der Waals surface area contributed by atoms with Gasteiger partial charge in [0.2, 0.25) is 5.91 Å². The Hall–Kier alpha value is -1.31. The summed E-state index contributed by atoms with van der Waals surface area (Å²) in [5, 5.41) is 6.17. The van der Waals surface area contributed by atoms with Crippen molar-refractivity contribution >= 4 is 41.5 Å². The molecule has 23 heavy (non-hydrogen) atoms. The maximum Gasteiger partial charge on any atom is 0.246 e. The normalized spacial score (nSPS) is 14.3. The van der Waals surface area contributed by atoms with Gasteiger partial charge in [-0.15, -0.1) is 24.0 Å². The summed E-state index contributed by atoms with van der Waals surface area (Å²) in [5.41, 5.74) is 2.05. The number of carbonyl (C=O) groups excluding carboxylic acids is 1. The van der Waals surface area contributed by atoms with Crippen LogP contribution in [0.15, 0.2) is 29.3 Å². The summed E-state index contributed by atoms with van der Waals surface area (Å²) < 4.78 is 0. The highest BCUT2D eigenvalue weighted by Gasteiger charge is 2.15. The average Bonchev–Trinajstić information content (AvgIpc) is 3.06. The Morgan fingerprint density at radius 2 is 2.00 bits per heavy atom. The van der Waals surface area contributed by atoms with Gasteiger partial charge >= 0.3 is 0 Å². The molecule has 6 heteroatoms. The number of carbonyl (C=O) groups is 1. The molecule has 1 saturated heterocycles. The van der Waals surface area contributed by atoms with Crippen LogP contribution in [0.4, 0.5) is 5.69 Å². The first-order valence-electron chi connectivity index (χ1n) is 8.15. The maximum atomic E-state index is 12.1. The van der Waals surface area contributed by atoms with Crippen LogP contribution >= 0.6 is 24.0 Å². The zero-order chi connectivity index (χ0) is 15.8. The smallest absolute Gasteiger partial charge is 0.246 e. The zero-order valence-corrected chi connectivity index (χ0v) is 16.3. The van der Waals surface area contributed by atoms with Crippen LogP contribution in [0.1, 0.15) is 32.3 Å². The molecule has 2 N–H and O–H groups in total. The van der Waals surface area contributed by atoms with E-state index in [1.807, 2.05) is 25.1 Å². The van der Waals surface area contributed by atoms with Crippen molar-refractivity contribution in [3.8, 4) is 0 Å². The van der Waals surface area contributed by atoms with Gasteiger partial charge in [-0.1, -0.05) is 19.1 Å². The Balaban J connectivity index is 0.00000264. The third kappa shape index (κ3) is 6.37. The molecule has 0 radical (unpaired) electrons. The zero-order valence-electron chi connectivity index (χ0n) is 14.0. The predicted molar refractivity (Wildman–Crippen MR) is 107 cm³/mol. The number of likely N-dealkylation sites (tertiary alicyclic amines) is 1. The van der Waals surface area contributed by atoms with Gasteiger partial charge in [-0.2, -0.15) is 0 Å². The number of nitrogens with zero attached hydrogens (tertiary/aromatic N) is 2. The van der Waals surface area contributed by atoms with E-state index in [0.29, 0.717) is 0 Å². The van der Waals surface area contributed by atoms with E-state index in [4.69, 9.17) is 0 Å². The average molecular weight is 430 g/mol. The number of anilines is 1. The van der Waals surface area contributed by atoms with Crippen LogP contribution in [0.25, 0.3) is 0 Å². The van der Waals surface area contributed by atoms with Crippen LogP contribution in [0.5, 0.6) is 0 Å². The van der Waals surface area contributed by atoms with Gasteiger partial charge in [-0.25, -0.2) is 4.99 Å². The van der Waals surface area contributed by atoms with Crippen molar-refractivity contribution in [3.05, 3.63) is 29.8 Å². The summed E-state index contributed by atoms with van der Waals surface area (Å²) in [5.74, 6) is 0.764. The van der Waals surface area contributed by atoms with Gasteiger partial charge in [0.05, 0.1) is 0 Å². The lowest BCUT2D eigenvalue weighted by molar-refractivity contribution is -0.114. The lowest BCUT2D eigenvalue weighted by Crippen LogP contribution is -2.40. The highest BCUT2D eigenvalue weighted by molar-refractivity contribution is 14.0.